The number of benzene rings is 2. The molecule has 2 nitrogen and oxygen atoms in total. The van der Waals surface area contributed by atoms with Gasteiger partial charge in [-0.3, -0.25) is 0 Å². The molecule has 1 unspecified atom stereocenters. The van der Waals surface area contributed by atoms with Gasteiger partial charge in [-0.2, -0.15) is 0 Å². The summed E-state index contributed by atoms with van der Waals surface area (Å²) in [5.41, 5.74) is 2.42. The maximum Gasteiger partial charge on any atom is 0.170 e. The van der Waals surface area contributed by atoms with Crippen LogP contribution in [0.5, 0.6) is 0 Å². The number of rotatable bonds is 4. The van der Waals surface area contributed by atoms with Crippen LogP contribution in [0.1, 0.15) is 61.9 Å². The van der Waals surface area contributed by atoms with E-state index in [1.54, 1.807) is 0 Å². The zero-order valence-electron chi connectivity index (χ0n) is 17.0. The van der Waals surface area contributed by atoms with Crippen LogP contribution in [0.3, 0.4) is 0 Å². The van der Waals surface area contributed by atoms with Gasteiger partial charge in [-0.1, -0.05) is 91.4 Å². The maximum absolute atomic E-state index is 6.81. The molecule has 2 aromatic rings. The Bertz CT molecular complexity index is 807. The molecule has 29 heavy (non-hydrogen) atoms. The topological polar surface area (TPSA) is 18.5 Å². The summed E-state index contributed by atoms with van der Waals surface area (Å²) in [6.07, 6.45) is 15.8. The third kappa shape index (κ3) is 4.10. The van der Waals surface area contributed by atoms with Gasteiger partial charge in [-0.25, -0.2) is 0 Å². The highest BCUT2D eigenvalue weighted by Gasteiger charge is 2.50. The minimum absolute atomic E-state index is 0.0464. The lowest BCUT2D eigenvalue weighted by atomic mass is 9.78. The lowest BCUT2D eigenvalue weighted by Crippen LogP contribution is -2.37. The van der Waals surface area contributed by atoms with E-state index < -0.39 is 5.79 Å². The second-order valence-electron chi connectivity index (χ2n) is 8.82. The molecule has 1 spiro atoms. The largest absolute Gasteiger partial charge is 0.339 e. The van der Waals surface area contributed by atoms with Crippen LogP contribution in [0.2, 0.25) is 0 Å². The standard InChI is InChI=1S/C27H30O2/c1-4-11-21(12-5-1)19-22-13-10-18-27(20-22)28-25(23-14-6-2-7-15-23)26(29-27)24-16-8-3-9-17-24/h1-9,11,14-17,21-22,25-26H,10,12-13,18-20H2/t21?,22-,25+,26+/m0/s1. The van der Waals surface area contributed by atoms with E-state index in [0.29, 0.717) is 11.8 Å². The van der Waals surface area contributed by atoms with Gasteiger partial charge in [0.05, 0.1) is 0 Å². The molecular weight excluding hydrogens is 356 g/mol. The van der Waals surface area contributed by atoms with Gasteiger partial charge < -0.3 is 9.47 Å². The summed E-state index contributed by atoms with van der Waals surface area (Å²) in [5, 5.41) is 0. The zero-order valence-corrected chi connectivity index (χ0v) is 17.0. The van der Waals surface area contributed by atoms with Crippen molar-refractivity contribution >= 4 is 0 Å². The van der Waals surface area contributed by atoms with E-state index in [9.17, 15) is 0 Å². The van der Waals surface area contributed by atoms with Crippen LogP contribution in [0.25, 0.3) is 0 Å². The Morgan fingerprint density at radius 2 is 1.48 bits per heavy atom. The number of allylic oxidation sites excluding steroid dienone is 4. The van der Waals surface area contributed by atoms with E-state index in [1.165, 1.54) is 36.8 Å². The van der Waals surface area contributed by atoms with Crippen molar-refractivity contribution in [2.75, 3.05) is 0 Å². The fourth-order valence-corrected chi connectivity index (χ4v) is 5.34. The van der Waals surface area contributed by atoms with Gasteiger partial charge in [0.15, 0.2) is 5.79 Å². The van der Waals surface area contributed by atoms with Gasteiger partial charge in [0.1, 0.15) is 12.2 Å². The van der Waals surface area contributed by atoms with Crippen LogP contribution in [0.15, 0.2) is 85.0 Å². The van der Waals surface area contributed by atoms with E-state index in [4.69, 9.17) is 9.47 Å². The van der Waals surface area contributed by atoms with Gasteiger partial charge in [-0.15, -0.1) is 0 Å². The summed E-state index contributed by atoms with van der Waals surface area (Å²) in [6, 6.07) is 21.2. The molecule has 0 aromatic heterocycles. The molecule has 5 rings (SSSR count). The van der Waals surface area contributed by atoms with Crippen molar-refractivity contribution in [2.24, 2.45) is 11.8 Å². The Hall–Kier alpha value is -2.16. The van der Waals surface area contributed by atoms with Crippen molar-refractivity contribution in [3.63, 3.8) is 0 Å². The zero-order chi connectivity index (χ0) is 19.5. The van der Waals surface area contributed by atoms with Crippen LogP contribution in [0.4, 0.5) is 0 Å². The van der Waals surface area contributed by atoms with E-state index >= 15 is 0 Å². The first-order valence-electron chi connectivity index (χ1n) is 11.1. The molecular formula is C27H30O2. The highest BCUT2D eigenvalue weighted by molar-refractivity contribution is 5.27. The fourth-order valence-electron chi connectivity index (χ4n) is 5.34. The van der Waals surface area contributed by atoms with E-state index in [0.717, 1.165) is 12.8 Å². The average Bonchev–Trinajstić information content (AvgIpc) is 3.14. The monoisotopic (exact) mass is 386 g/mol. The average molecular weight is 387 g/mol. The van der Waals surface area contributed by atoms with Crippen molar-refractivity contribution in [1.29, 1.82) is 0 Å². The predicted molar refractivity (Wildman–Crippen MR) is 116 cm³/mol. The van der Waals surface area contributed by atoms with Crippen LogP contribution in [-0.2, 0) is 9.47 Å². The molecule has 3 aliphatic rings. The van der Waals surface area contributed by atoms with Crippen molar-refractivity contribution in [2.45, 2.75) is 56.5 Å². The normalized spacial score (nSPS) is 30.6. The molecule has 0 N–H and O–H groups in total. The summed E-state index contributed by atoms with van der Waals surface area (Å²) < 4.78 is 13.6. The van der Waals surface area contributed by atoms with Crippen molar-refractivity contribution in [3.05, 3.63) is 96.1 Å². The minimum atomic E-state index is -0.446. The van der Waals surface area contributed by atoms with Gasteiger partial charge in [0.2, 0.25) is 0 Å². The van der Waals surface area contributed by atoms with E-state index in [1.807, 2.05) is 0 Å². The van der Waals surface area contributed by atoms with Gasteiger partial charge in [-0.05, 0) is 42.2 Å². The maximum atomic E-state index is 6.81. The first-order valence-corrected chi connectivity index (χ1v) is 11.1. The second-order valence-corrected chi connectivity index (χ2v) is 8.82. The Labute approximate surface area is 174 Å². The van der Waals surface area contributed by atoms with Gasteiger partial charge >= 0.3 is 0 Å². The summed E-state index contributed by atoms with van der Waals surface area (Å²) in [5.74, 6) is 0.880. The summed E-state index contributed by atoms with van der Waals surface area (Å²) in [4.78, 5) is 0. The number of ether oxygens (including phenoxy) is 2. The second kappa shape index (κ2) is 8.30. The van der Waals surface area contributed by atoms with Gasteiger partial charge in [0, 0.05) is 12.8 Å². The predicted octanol–water partition coefficient (Wildman–Crippen LogP) is 6.92. The molecule has 2 aromatic carbocycles. The van der Waals surface area contributed by atoms with E-state index in [2.05, 4.69) is 85.0 Å². The molecule has 2 heteroatoms. The van der Waals surface area contributed by atoms with Crippen LogP contribution >= 0.6 is 0 Å². The summed E-state index contributed by atoms with van der Waals surface area (Å²) in [7, 11) is 0. The van der Waals surface area contributed by atoms with Crippen LogP contribution in [0, 0.1) is 11.8 Å². The molecule has 150 valence electrons. The van der Waals surface area contributed by atoms with E-state index in [-0.39, 0.29) is 12.2 Å². The molecule has 0 radical (unpaired) electrons. The summed E-state index contributed by atoms with van der Waals surface area (Å²) >= 11 is 0. The quantitative estimate of drug-likeness (QED) is 0.567. The van der Waals surface area contributed by atoms with Crippen LogP contribution < -0.4 is 0 Å². The molecule has 1 aliphatic heterocycles. The Kier molecular flexibility index (Phi) is 5.39. The molecule has 0 bridgehead atoms. The molecule has 4 atom stereocenters. The van der Waals surface area contributed by atoms with Crippen molar-refractivity contribution in [1.82, 2.24) is 0 Å². The highest BCUT2D eigenvalue weighted by Crippen LogP contribution is 2.53. The number of hydrogen-bond acceptors (Lipinski definition) is 2. The van der Waals surface area contributed by atoms with Crippen molar-refractivity contribution in [3.8, 4) is 0 Å². The molecule has 2 fully saturated rings. The first kappa shape index (κ1) is 18.8. The summed E-state index contributed by atoms with van der Waals surface area (Å²) in [6.45, 7) is 0. The smallest absolute Gasteiger partial charge is 0.170 e. The third-order valence-electron chi connectivity index (χ3n) is 6.69. The SMILES string of the molecule is C1=CCC(C[C@@H]2CCCC3(C2)O[C@H](c2ccccc2)[C@@H](c2ccccc2)O3)C=C1. The lowest BCUT2D eigenvalue weighted by molar-refractivity contribution is -0.205. The lowest BCUT2D eigenvalue weighted by Gasteiger charge is -2.38. The molecule has 2 aliphatic carbocycles. The fraction of sp³-hybridized carbons (Fsp3) is 0.407. The van der Waals surface area contributed by atoms with Gasteiger partial charge in [0.25, 0.3) is 0 Å². The van der Waals surface area contributed by atoms with Crippen molar-refractivity contribution < 1.29 is 9.47 Å². The highest BCUT2D eigenvalue weighted by atomic mass is 16.8. The Balaban J connectivity index is 1.38. The van der Waals surface area contributed by atoms with Crippen LogP contribution in [-0.4, -0.2) is 5.79 Å². The molecule has 1 saturated carbocycles. The minimum Gasteiger partial charge on any atom is -0.339 e. The molecule has 1 saturated heterocycles. The molecule has 1 heterocycles. The molecule has 0 amide bonds. The number of hydrogen-bond donors (Lipinski definition) is 0. The first-order chi connectivity index (χ1) is 14.3. The Morgan fingerprint density at radius 1 is 0.828 bits per heavy atom. The third-order valence-corrected chi connectivity index (χ3v) is 6.69. The Morgan fingerprint density at radius 3 is 2.07 bits per heavy atom.